The molecule has 4 heteroatoms. The molecule has 0 N–H and O–H groups in total. The Bertz CT molecular complexity index is 248. The Morgan fingerprint density at radius 3 is 2.83 bits per heavy atom. The molecule has 1 radical (unpaired) electrons. The summed E-state index contributed by atoms with van der Waals surface area (Å²) in [5.74, 6) is -0.112. The molecule has 0 amide bonds. The van der Waals surface area contributed by atoms with E-state index in [9.17, 15) is 9.90 Å². The van der Waals surface area contributed by atoms with Gasteiger partial charge < -0.3 is 0 Å². The predicted molar refractivity (Wildman–Crippen MR) is 41.2 cm³/mol. The number of carbonyl (C=O) groups excluding carboxylic acids is 1. The normalized spacial score (nSPS) is 9.75. The molecule has 12 heavy (non-hydrogen) atoms. The number of nitrogens with zero attached hydrogens (tertiary/aromatic N) is 2. The summed E-state index contributed by atoms with van der Waals surface area (Å²) < 4.78 is 0. The third-order valence-corrected chi connectivity index (χ3v) is 1.40. The van der Waals surface area contributed by atoms with Crippen molar-refractivity contribution < 1.29 is 9.90 Å². The number of aromatic nitrogens is 2. The van der Waals surface area contributed by atoms with Crippen molar-refractivity contribution in [2.45, 2.75) is 12.8 Å². The molecule has 1 aromatic heterocycles. The Kier molecular flexibility index (Phi) is 3.35. The monoisotopic (exact) mass is 165 g/mol. The molecule has 63 valence electrons. The highest BCUT2D eigenvalue weighted by atomic mass is 16.3. The van der Waals surface area contributed by atoms with Crippen molar-refractivity contribution in [2.24, 2.45) is 0 Å². The van der Waals surface area contributed by atoms with E-state index in [0.29, 0.717) is 12.1 Å². The molecule has 0 saturated carbocycles. The van der Waals surface area contributed by atoms with Crippen LogP contribution in [0.4, 0.5) is 0 Å². The van der Waals surface area contributed by atoms with Crippen molar-refractivity contribution in [1.29, 1.82) is 0 Å². The van der Waals surface area contributed by atoms with Crippen molar-refractivity contribution in [3.63, 3.8) is 0 Å². The van der Waals surface area contributed by atoms with Gasteiger partial charge in [0.2, 0.25) is 0 Å². The van der Waals surface area contributed by atoms with Gasteiger partial charge >= 0.3 is 0 Å². The summed E-state index contributed by atoms with van der Waals surface area (Å²) >= 11 is 0. The number of carbonyl (C=O) groups is 1. The van der Waals surface area contributed by atoms with Gasteiger partial charge in [0.15, 0.2) is 5.78 Å². The summed E-state index contributed by atoms with van der Waals surface area (Å²) in [6, 6.07) is 0. The van der Waals surface area contributed by atoms with Crippen molar-refractivity contribution in [2.75, 3.05) is 6.61 Å². The summed E-state index contributed by atoms with van der Waals surface area (Å²) in [7, 11) is 0. The van der Waals surface area contributed by atoms with Crippen LogP contribution in [0.5, 0.6) is 0 Å². The lowest BCUT2D eigenvalue weighted by Gasteiger charge is -1.95. The average molecular weight is 165 g/mol. The molecular weight excluding hydrogens is 156 g/mol. The van der Waals surface area contributed by atoms with E-state index >= 15 is 0 Å². The van der Waals surface area contributed by atoms with Crippen molar-refractivity contribution in [3.8, 4) is 0 Å². The lowest BCUT2D eigenvalue weighted by atomic mass is 10.2. The number of Topliss-reactive ketones (excluding diaryl/α,β-unsaturated/α-hetero) is 1. The van der Waals surface area contributed by atoms with E-state index < -0.39 is 0 Å². The SMILES string of the molecule is [O]CCCC(=O)c1cnccn1. The number of ketones is 1. The van der Waals surface area contributed by atoms with Gasteiger partial charge in [-0.25, -0.2) is 10.1 Å². The lowest BCUT2D eigenvalue weighted by molar-refractivity contribution is 0.0954. The van der Waals surface area contributed by atoms with E-state index in [2.05, 4.69) is 9.97 Å². The highest BCUT2D eigenvalue weighted by Gasteiger charge is 2.05. The van der Waals surface area contributed by atoms with Crippen molar-refractivity contribution >= 4 is 5.78 Å². The minimum Gasteiger partial charge on any atom is -0.292 e. The molecule has 1 aromatic rings. The van der Waals surface area contributed by atoms with Gasteiger partial charge in [-0.2, -0.15) is 0 Å². The number of hydrogen-bond acceptors (Lipinski definition) is 3. The fourth-order valence-electron chi connectivity index (χ4n) is 0.804. The second kappa shape index (κ2) is 4.56. The fourth-order valence-corrected chi connectivity index (χ4v) is 0.804. The van der Waals surface area contributed by atoms with E-state index in [0.717, 1.165) is 0 Å². The van der Waals surface area contributed by atoms with Gasteiger partial charge in [-0.15, -0.1) is 0 Å². The van der Waals surface area contributed by atoms with E-state index in [1.165, 1.54) is 18.6 Å². The summed E-state index contributed by atoms with van der Waals surface area (Å²) in [6.07, 6.45) is 5.01. The van der Waals surface area contributed by atoms with Crippen LogP contribution in [0.15, 0.2) is 18.6 Å². The minimum absolute atomic E-state index is 0.112. The van der Waals surface area contributed by atoms with E-state index in [1.807, 2.05) is 0 Å². The molecule has 0 spiro atoms. The van der Waals surface area contributed by atoms with Crippen LogP contribution in [-0.4, -0.2) is 22.4 Å². The molecule has 4 nitrogen and oxygen atoms in total. The van der Waals surface area contributed by atoms with Crippen molar-refractivity contribution in [1.82, 2.24) is 9.97 Å². The Hall–Kier alpha value is -1.29. The van der Waals surface area contributed by atoms with Crippen LogP contribution in [0.25, 0.3) is 0 Å². The van der Waals surface area contributed by atoms with E-state index in [4.69, 9.17) is 0 Å². The molecule has 0 aromatic carbocycles. The maximum Gasteiger partial charge on any atom is 0.182 e. The van der Waals surface area contributed by atoms with Gasteiger partial charge in [-0.05, 0) is 6.42 Å². The smallest absolute Gasteiger partial charge is 0.182 e. The van der Waals surface area contributed by atoms with Crippen LogP contribution < -0.4 is 0 Å². The highest BCUT2D eigenvalue weighted by Crippen LogP contribution is 1.99. The van der Waals surface area contributed by atoms with Crippen molar-refractivity contribution in [3.05, 3.63) is 24.3 Å². The molecule has 0 unspecified atom stereocenters. The highest BCUT2D eigenvalue weighted by molar-refractivity contribution is 5.93. The standard InChI is InChI=1S/C8H9N2O2/c11-5-1-2-8(12)7-6-9-3-4-10-7/h3-4,6H,1-2,5H2. The summed E-state index contributed by atoms with van der Waals surface area (Å²) in [6.45, 7) is -0.216. The number of hydrogen-bond donors (Lipinski definition) is 0. The van der Waals surface area contributed by atoms with Crippen LogP contribution in [0.1, 0.15) is 23.3 Å². The summed E-state index contributed by atoms with van der Waals surface area (Å²) in [5.41, 5.74) is 0.339. The quantitative estimate of drug-likeness (QED) is 0.622. The second-order valence-electron chi connectivity index (χ2n) is 2.32. The van der Waals surface area contributed by atoms with E-state index in [1.54, 1.807) is 0 Å². The predicted octanol–water partition coefficient (Wildman–Crippen LogP) is 0.870. The first-order valence-corrected chi connectivity index (χ1v) is 3.72. The first kappa shape index (κ1) is 8.80. The van der Waals surface area contributed by atoms with Gasteiger partial charge in [-0.1, -0.05) is 0 Å². The van der Waals surface area contributed by atoms with Gasteiger partial charge in [0.25, 0.3) is 0 Å². The van der Waals surface area contributed by atoms with Crippen LogP contribution >= 0.6 is 0 Å². The molecule has 0 fully saturated rings. The Morgan fingerprint density at radius 1 is 1.42 bits per heavy atom. The molecule has 1 heterocycles. The fraction of sp³-hybridized carbons (Fsp3) is 0.375. The number of rotatable bonds is 4. The topological polar surface area (TPSA) is 62.8 Å². The van der Waals surface area contributed by atoms with E-state index in [-0.39, 0.29) is 18.8 Å². The maximum absolute atomic E-state index is 11.2. The third-order valence-electron chi connectivity index (χ3n) is 1.40. The largest absolute Gasteiger partial charge is 0.292 e. The molecule has 0 aliphatic carbocycles. The Labute approximate surface area is 70.3 Å². The van der Waals surface area contributed by atoms with Gasteiger partial charge in [0.05, 0.1) is 12.8 Å². The van der Waals surface area contributed by atoms with Gasteiger partial charge in [0, 0.05) is 18.8 Å². The zero-order chi connectivity index (χ0) is 8.81. The third kappa shape index (κ3) is 2.39. The molecule has 0 aliphatic rings. The molecule has 0 saturated heterocycles. The first-order chi connectivity index (χ1) is 5.84. The minimum atomic E-state index is -0.216. The summed E-state index contributed by atoms with van der Waals surface area (Å²) in [4.78, 5) is 18.7. The molecular formula is C8H9N2O2. The molecule has 0 bridgehead atoms. The maximum atomic E-state index is 11.2. The summed E-state index contributed by atoms with van der Waals surface area (Å²) in [5, 5.41) is 10.1. The van der Waals surface area contributed by atoms with Crippen LogP contribution in [-0.2, 0) is 5.11 Å². The molecule has 0 atom stereocenters. The van der Waals surface area contributed by atoms with Gasteiger partial charge in [-0.3, -0.25) is 9.78 Å². The van der Waals surface area contributed by atoms with Crippen LogP contribution in [0, 0.1) is 0 Å². The Morgan fingerprint density at radius 2 is 2.25 bits per heavy atom. The molecule has 1 rings (SSSR count). The second-order valence-corrected chi connectivity index (χ2v) is 2.32. The average Bonchev–Trinajstić information content (AvgIpc) is 2.15. The van der Waals surface area contributed by atoms with Crippen LogP contribution in [0.2, 0.25) is 0 Å². The lowest BCUT2D eigenvalue weighted by Crippen LogP contribution is -2.02. The zero-order valence-corrected chi connectivity index (χ0v) is 6.56. The first-order valence-electron chi connectivity index (χ1n) is 3.72. The van der Waals surface area contributed by atoms with Gasteiger partial charge in [0.1, 0.15) is 5.69 Å². The Balaban J connectivity index is 2.54. The van der Waals surface area contributed by atoms with Crippen LogP contribution in [0.3, 0.4) is 0 Å². The zero-order valence-electron chi connectivity index (χ0n) is 6.56. The molecule has 0 aliphatic heterocycles.